The molecule has 0 aliphatic rings. The smallest absolute Gasteiger partial charge is 0.343 e. The zero-order chi connectivity index (χ0) is 19.9. The normalized spacial score (nSPS) is 10.6. The third kappa shape index (κ3) is 4.96. The Hall–Kier alpha value is -3.18. The summed E-state index contributed by atoms with van der Waals surface area (Å²) in [7, 11) is 1.59. The fourth-order valence-corrected chi connectivity index (χ4v) is 2.77. The fourth-order valence-electron chi connectivity index (χ4n) is 2.50. The van der Waals surface area contributed by atoms with Gasteiger partial charge in [0.1, 0.15) is 11.5 Å². The summed E-state index contributed by atoms with van der Waals surface area (Å²) in [6.07, 6.45) is 3.20. The Balaban J connectivity index is 1.66. The third-order valence-corrected chi connectivity index (χ3v) is 4.51. The highest BCUT2D eigenvalue weighted by Crippen LogP contribution is 2.20. The highest BCUT2D eigenvalue weighted by molar-refractivity contribution is 9.10. The number of hydrogen-bond acceptors (Lipinski definition) is 4. The van der Waals surface area contributed by atoms with E-state index in [0.717, 1.165) is 10.0 Å². The first-order chi connectivity index (χ1) is 13.6. The van der Waals surface area contributed by atoms with E-state index >= 15 is 0 Å². The topological polar surface area (TPSA) is 52.6 Å². The van der Waals surface area contributed by atoms with Crippen molar-refractivity contribution in [1.29, 1.82) is 0 Å². The Labute approximate surface area is 171 Å². The molecule has 0 unspecified atom stereocenters. The molecule has 0 heterocycles. The number of methoxy groups -OCH3 is 1. The summed E-state index contributed by atoms with van der Waals surface area (Å²) < 4.78 is 11.5. The van der Waals surface area contributed by atoms with Gasteiger partial charge in [0.25, 0.3) is 0 Å². The summed E-state index contributed by atoms with van der Waals surface area (Å²) in [5.74, 6) is 0.458. The SMILES string of the molecule is COc1ccccc1C=CC(=O)c1ccc(OC(=O)c2ccc(Br)cc2)cc1. The Kier molecular flexibility index (Phi) is 6.40. The van der Waals surface area contributed by atoms with E-state index in [-0.39, 0.29) is 5.78 Å². The zero-order valence-electron chi connectivity index (χ0n) is 15.1. The summed E-state index contributed by atoms with van der Waals surface area (Å²) in [4.78, 5) is 24.5. The van der Waals surface area contributed by atoms with Crippen molar-refractivity contribution in [2.75, 3.05) is 7.11 Å². The number of hydrogen-bond donors (Lipinski definition) is 0. The number of ketones is 1. The second-order valence-corrected chi connectivity index (χ2v) is 6.78. The molecule has 3 aromatic rings. The number of halogens is 1. The van der Waals surface area contributed by atoms with E-state index in [1.807, 2.05) is 24.3 Å². The molecule has 3 aromatic carbocycles. The summed E-state index contributed by atoms with van der Waals surface area (Å²) in [5.41, 5.74) is 1.76. The maximum Gasteiger partial charge on any atom is 0.343 e. The van der Waals surface area contributed by atoms with Crippen molar-refractivity contribution in [2.24, 2.45) is 0 Å². The van der Waals surface area contributed by atoms with Crippen LogP contribution in [0.3, 0.4) is 0 Å². The zero-order valence-corrected chi connectivity index (χ0v) is 16.7. The number of carbonyl (C=O) groups is 2. The molecule has 0 aromatic heterocycles. The molecule has 0 atom stereocenters. The minimum absolute atomic E-state index is 0.156. The summed E-state index contributed by atoms with van der Waals surface area (Å²) in [6, 6.07) is 20.8. The maximum atomic E-state index is 12.4. The Morgan fingerprint density at radius 3 is 2.18 bits per heavy atom. The average Bonchev–Trinajstić information content (AvgIpc) is 2.73. The lowest BCUT2D eigenvalue weighted by molar-refractivity contribution is 0.0734. The predicted molar refractivity (Wildman–Crippen MR) is 112 cm³/mol. The number of ether oxygens (including phenoxy) is 2. The average molecular weight is 437 g/mol. The molecule has 0 N–H and O–H groups in total. The lowest BCUT2D eigenvalue weighted by Gasteiger charge is -2.05. The van der Waals surface area contributed by atoms with E-state index < -0.39 is 5.97 Å². The lowest BCUT2D eigenvalue weighted by Crippen LogP contribution is -2.08. The van der Waals surface area contributed by atoms with Crippen LogP contribution in [0.15, 0.2) is 83.3 Å². The lowest BCUT2D eigenvalue weighted by atomic mass is 10.1. The van der Waals surface area contributed by atoms with Crippen molar-refractivity contribution in [3.63, 3.8) is 0 Å². The molecule has 0 aliphatic heterocycles. The monoisotopic (exact) mass is 436 g/mol. The van der Waals surface area contributed by atoms with Gasteiger partial charge in [-0.05, 0) is 66.7 Å². The molecule has 0 amide bonds. The Bertz CT molecular complexity index is 1010. The minimum atomic E-state index is -0.456. The van der Waals surface area contributed by atoms with E-state index in [2.05, 4.69) is 15.9 Å². The molecule has 0 spiro atoms. The predicted octanol–water partition coefficient (Wildman–Crippen LogP) is 5.57. The molecular formula is C23H17BrO4. The van der Waals surface area contributed by atoms with E-state index in [1.54, 1.807) is 61.7 Å². The highest BCUT2D eigenvalue weighted by Gasteiger charge is 2.09. The number of rotatable bonds is 6. The van der Waals surface area contributed by atoms with Gasteiger partial charge in [0.05, 0.1) is 12.7 Å². The molecule has 0 saturated heterocycles. The van der Waals surface area contributed by atoms with Gasteiger partial charge in [-0.1, -0.05) is 34.1 Å². The van der Waals surface area contributed by atoms with Crippen LogP contribution in [0.25, 0.3) is 6.08 Å². The van der Waals surface area contributed by atoms with Crippen LogP contribution in [0.2, 0.25) is 0 Å². The van der Waals surface area contributed by atoms with Crippen LogP contribution >= 0.6 is 15.9 Å². The van der Waals surface area contributed by atoms with E-state index in [4.69, 9.17) is 9.47 Å². The van der Waals surface area contributed by atoms with Gasteiger partial charge < -0.3 is 9.47 Å². The van der Waals surface area contributed by atoms with Gasteiger partial charge in [-0.15, -0.1) is 0 Å². The van der Waals surface area contributed by atoms with Gasteiger partial charge in [0, 0.05) is 15.6 Å². The number of benzene rings is 3. The first-order valence-electron chi connectivity index (χ1n) is 8.50. The van der Waals surface area contributed by atoms with E-state index in [1.165, 1.54) is 6.08 Å². The van der Waals surface area contributed by atoms with Crippen LogP contribution in [-0.2, 0) is 0 Å². The van der Waals surface area contributed by atoms with Crippen molar-refractivity contribution in [3.8, 4) is 11.5 Å². The summed E-state index contributed by atoms with van der Waals surface area (Å²) in [6.45, 7) is 0. The Morgan fingerprint density at radius 1 is 0.857 bits per heavy atom. The van der Waals surface area contributed by atoms with Crippen molar-refractivity contribution >= 4 is 33.8 Å². The summed E-state index contributed by atoms with van der Waals surface area (Å²) in [5, 5.41) is 0. The van der Waals surface area contributed by atoms with Crippen molar-refractivity contribution in [1.82, 2.24) is 0 Å². The molecule has 0 saturated carbocycles. The molecule has 4 nitrogen and oxygen atoms in total. The number of esters is 1. The van der Waals surface area contributed by atoms with E-state index in [9.17, 15) is 9.59 Å². The van der Waals surface area contributed by atoms with Gasteiger partial charge in [-0.3, -0.25) is 4.79 Å². The number of para-hydroxylation sites is 1. The first kappa shape index (κ1) is 19.6. The van der Waals surface area contributed by atoms with Gasteiger partial charge in [0.2, 0.25) is 0 Å². The summed E-state index contributed by atoms with van der Waals surface area (Å²) >= 11 is 3.32. The second kappa shape index (κ2) is 9.15. The molecule has 3 rings (SSSR count). The van der Waals surface area contributed by atoms with Crippen LogP contribution in [-0.4, -0.2) is 18.9 Å². The van der Waals surface area contributed by atoms with Crippen molar-refractivity contribution in [2.45, 2.75) is 0 Å². The van der Waals surface area contributed by atoms with Crippen LogP contribution < -0.4 is 9.47 Å². The van der Waals surface area contributed by atoms with Crippen molar-refractivity contribution in [3.05, 3.63) is 100 Å². The van der Waals surface area contributed by atoms with Gasteiger partial charge in [0.15, 0.2) is 5.78 Å². The quantitative estimate of drug-likeness (QED) is 0.219. The van der Waals surface area contributed by atoms with Gasteiger partial charge >= 0.3 is 5.97 Å². The minimum Gasteiger partial charge on any atom is -0.496 e. The third-order valence-electron chi connectivity index (χ3n) is 3.98. The standard InChI is InChI=1S/C23H17BrO4/c1-27-22-5-3-2-4-17(22)10-15-21(25)16-8-13-20(14-9-16)28-23(26)18-6-11-19(24)12-7-18/h2-15H,1H3. The molecule has 0 aliphatic carbocycles. The molecule has 28 heavy (non-hydrogen) atoms. The first-order valence-corrected chi connectivity index (χ1v) is 9.29. The number of allylic oxidation sites excluding steroid dienone is 1. The second-order valence-electron chi connectivity index (χ2n) is 5.86. The fraction of sp³-hybridized carbons (Fsp3) is 0.0435. The molecule has 0 radical (unpaired) electrons. The van der Waals surface area contributed by atoms with Crippen LogP contribution in [0.5, 0.6) is 11.5 Å². The largest absolute Gasteiger partial charge is 0.496 e. The van der Waals surface area contributed by atoms with Gasteiger partial charge in [-0.25, -0.2) is 4.79 Å². The van der Waals surface area contributed by atoms with Crippen LogP contribution in [0.4, 0.5) is 0 Å². The van der Waals surface area contributed by atoms with Crippen LogP contribution in [0.1, 0.15) is 26.3 Å². The Morgan fingerprint density at radius 2 is 1.50 bits per heavy atom. The van der Waals surface area contributed by atoms with Gasteiger partial charge in [-0.2, -0.15) is 0 Å². The number of carbonyl (C=O) groups excluding carboxylic acids is 2. The van der Waals surface area contributed by atoms with E-state index in [0.29, 0.717) is 22.6 Å². The maximum absolute atomic E-state index is 12.4. The molecule has 0 fully saturated rings. The molecular weight excluding hydrogens is 420 g/mol. The van der Waals surface area contributed by atoms with Crippen molar-refractivity contribution < 1.29 is 19.1 Å². The molecule has 0 bridgehead atoms. The molecule has 140 valence electrons. The molecule has 5 heteroatoms. The van der Waals surface area contributed by atoms with Crippen LogP contribution in [0, 0.1) is 0 Å². The highest BCUT2D eigenvalue weighted by atomic mass is 79.9.